The lowest BCUT2D eigenvalue weighted by atomic mass is 10.4. The van der Waals surface area contributed by atoms with Gasteiger partial charge in [0.25, 0.3) is 0 Å². The number of hydrogen-bond donors (Lipinski definition) is 1. The highest BCUT2D eigenvalue weighted by Crippen LogP contribution is 2.01. The van der Waals surface area contributed by atoms with Crippen LogP contribution < -0.4 is 4.72 Å². The molecule has 3 heteroatoms. The lowest BCUT2D eigenvalue weighted by Crippen LogP contribution is -2.15. The van der Waals surface area contributed by atoms with Gasteiger partial charge in [0.15, 0.2) is 0 Å². The fourth-order valence-electron chi connectivity index (χ4n) is 0.759. The first-order valence-electron chi connectivity index (χ1n) is 4.55. The zero-order chi connectivity index (χ0) is 10.1. The van der Waals surface area contributed by atoms with Crippen molar-refractivity contribution >= 4 is 11.0 Å². The third kappa shape index (κ3) is 4.80. The molecule has 0 fully saturated rings. The molecule has 0 amide bonds. The zero-order valence-electron chi connectivity index (χ0n) is 8.41. The van der Waals surface area contributed by atoms with Crippen molar-refractivity contribution in [1.29, 1.82) is 0 Å². The summed E-state index contributed by atoms with van der Waals surface area (Å²) in [5.74, 6) is 0. The molecule has 0 aliphatic heterocycles. The van der Waals surface area contributed by atoms with E-state index < -0.39 is 11.0 Å². The summed E-state index contributed by atoms with van der Waals surface area (Å²) in [6.45, 7) is 6.66. The quantitative estimate of drug-likeness (QED) is 0.795. The van der Waals surface area contributed by atoms with Crippen LogP contribution in [0.3, 0.4) is 0 Å². The van der Waals surface area contributed by atoms with Crippen LogP contribution in [0.25, 0.3) is 0 Å². The van der Waals surface area contributed by atoms with Gasteiger partial charge in [-0.15, -0.1) is 0 Å². The molecule has 13 heavy (non-hydrogen) atoms. The molecular weight excluding hydrogens is 182 g/mol. The van der Waals surface area contributed by atoms with Gasteiger partial charge in [-0.2, -0.15) is 0 Å². The maximum atomic E-state index is 11.2. The van der Waals surface area contributed by atoms with Gasteiger partial charge >= 0.3 is 0 Å². The highest BCUT2D eigenvalue weighted by molar-refractivity contribution is 7.83. The van der Waals surface area contributed by atoms with Crippen LogP contribution in [0.4, 0.5) is 0 Å². The van der Waals surface area contributed by atoms with Gasteiger partial charge in [-0.1, -0.05) is 39.0 Å². The summed E-state index contributed by atoms with van der Waals surface area (Å²) < 4.78 is 14.1. The molecule has 0 aliphatic rings. The first-order valence-corrected chi connectivity index (χ1v) is 5.70. The third-order valence-corrected chi connectivity index (χ3v) is 2.48. The average Bonchev–Trinajstić information content (AvgIpc) is 2.23. The van der Waals surface area contributed by atoms with Crippen molar-refractivity contribution in [1.82, 2.24) is 4.72 Å². The highest BCUT2D eigenvalue weighted by atomic mass is 32.2. The van der Waals surface area contributed by atoms with E-state index in [4.69, 9.17) is 0 Å². The van der Waals surface area contributed by atoms with E-state index in [1.54, 1.807) is 0 Å². The lowest BCUT2D eigenvalue weighted by Gasteiger charge is -1.99. The lowest BCUT2D eigenvalue weighted by molar-refractivity contribution is 0.674. The second kappa shape index (κ2) is 7.95. The van der Waals surface area contributed by atoms with Gasteiger partial charge in [0, 0.05) is 6.54 Å². The van der Waals surface area contributed by atoms with Crippen molar-refractivity contribution in [2.75, 3.05) is 6.54 Å². The molecule has 0 spiro atoms. The Morgan fingerprint density at radius 1 is 1.23 bits per heavy atom. The minimum atomic E-state index is -1.03. The SMILES string of the molecule is CC.CCNS(=O)c1ccccc1. The fraction of sp³-hybridized carbons (Fsp3) is 0.400. The fourth-order valence-corrected chi connectivity index (χ4v) is 1.59. The van der Waals surface area contributed by atoms with E-state index in [0.717, 1.165) is 11.4 Å². The van der Waals surface area contributed by atoms with Crippen molar-refractivity contribution < 1.29 is 4.21 Å². The minimum absolute atomic E-state index is 0.724. The van der Waals surface area contributed by atoms with Crippen molar-refractivity contribution in [3.05, 3.63) is 30.3 Å². The van der Waals surface area contributed by atoms with Crippen molar-refractivity contribution in [3.8, 4) is 0 Å². The highest BCUT2D eigenvalue weighted by Gasteiger charge is 1.97. The van der Waals surface area contributed by atoms with Gasteiger partial charge in [0.05, 0.1) is 4.90 Å². The predicted octanol–water partition coefficient (Wildman–Crippen LogP) is 2.34. The summed E-state index contributed by atoms with van der Waals surface area (Å²) in [4.78, 5) is 0.828. The largest absolute Gasteiger partial charge is 0.238 e. The van der Waals surface area contributed by atoms with Gasteiger partial charge in [-0.3, -0.25) is 0 Å². The molecule has 1 atom stereocenters. The molecule has 0 saturated carbocycles. The van der Waals surface area contributed by atoms with Gasteiger partial charge in [0.2, 0.25) is 0 Å². The minimum Gasteiger partial charge on any atom is -0.238 e. The summed E-state index contributed by atoms with van der Waals surface area (Å²) >= 11 is 0. The van der Waals surface area contributed by atoms with Crippen molar-refractivity contribution in [3.63, 3.8) is 0 Å². The monoisotopic (exact) mass is 199 g/mol. The average molecular weight is 199 g/mol. The van der Waals surface area contributed by atoms with Crippen LogP contribution >= 0.6 is 0 Å². The van der Waals surface area contributed by atoms with Crippen LogP contribution in [-0.4, -0.2) is 10.8 Å². The number of hydrogen-bond acceptors (Lipinski definition) is 1. The molecule has 0 saturated heterocycles. The Kier molecular flexibility index (Phi) is 7.54. The first kappa shape index (κ1) is 12.3. The first-order chi connectivity index (χ1) is 6.34. The van der Waals surface area contributed by atoms with Gasteiger partial charge < -0.3 is 0 Å². The van der Waals surface area contributed by atoms with E-state index in [1.165, 1.54) is 0 Å². The van der Waals surface area contributed by atoms with Crippen LogP contribution in [0.15, 0.2) is 35.2 Å². The Bertz CT molecular complexity index is 236. The number of benzene rings is 1. The topological polar surface area (TPSA) is 29.1 Å². The maximum absolute atomic E-state index is 11.2. The maximum Gasteiger partial charge on any atom is 0.124 e. The normalized spacial score (nSPS) is 11.3. The standard InChI is InChI=1S/C8H11NOS.C2H6/c1-2-9-11(10)8-6-4-3-5-7-8;1-2/h3-7,9H,2H2,1H3;1-2H3. The van der Waals surface area contributed by atoms with Crippen molar-refractivity contribution in [2.24, 2.45) is 0 Å². The van der Waals surface area contributed by atoms with Crippen LogP contribution in [0.2, 0.25) is 0 Å². The molecule has 1 aromatic rings. The Morgan fingerprint density at radius 3 is 2.23 bits per heavy atom. The van der Waals surface area contributed by atoms with Crippen molar-refractivity contribution in [2.45, 2.75) is 25.7 Å². The Labute approximate surface area is 83.0 Å². The summed E-state index contributed by atoms with van der Waals surface area (Å²) in [6.07, 6.45) is 0. The molecular formula is C10H17NOS. The second-order valence-electron chi connectivity index (χ2n) is 2.08. The molecule has 1 unspecified atom stereocenters. The van der Waals surface area contributed by atoms with Crippen LogP contribution in [0, 0.1) is 0 Å². The molecule has 0 bridgehead atoms. The molecule has 1 rings (SSSR count). The summed E-state index contributed by atoms with van der Waals surface area (Å²) in [5, 5.41) is 0. The predicted molar refractivity (Wildman–Crippen MR) is 57.9 cm³/mol. The van der Waals surface area contributed by atoms with Gasteiger partial charge in [-0.25, -0.2) is 8.93 Å². The van der Waals surface area contributed by atoms with Crippen LogP contribution in [0.5, 0.6) is 0 Å². The Balaban J connectivity index is 0.000000671. The van der Waals surface area contributed by atoms with Crippen LogP contribution in [-0.2, 0) is 11.0 Å². The Hall–Kier alpha value is -0.670. The van der Waals surface area contributed by atoms with Crippen LogP contribution in [0.1, 0.15) is 20.8 Å². The number of rotatable bonds is 3. The van der Waals surface area contributed by atoms with E-state index in [0.29, 0.717) is 0 Å². The molecule has 74 valence electrons. The molecule has 2 nitrogen and oxygen atoms in total. The second-order valence-corrected chi connectivity index (χ2v) is 3.38. The van der Waals surface area contributed by atoms with E-state index in [-0.39, 0.29) is 0 Å². The molecule has 0 aromatic heterocycles. The van der Waals surface area contributed by atoms with E-state index in [2.05, 4.69) is 4.72 Å². The Morgan fingerprint density at radius 2 is 1.77 bits per heavy atom. The van der Waals surface area contributed by atoms with E-state index >= 15 is 0 Å². The molecule has 0 radical (unpaired) electrons. The van der Waals surface area contributed by atoms with Gasteiger partial charge in [-0.05, 0) is 12.1 Å². The smallest absolute Gasteiger partial charge is 0.124 e. The number of nitrogens with one attached hydrogen (secondary N) is 1. The molecule has 0 heterocycles. The third-order valence-electron chi connectivity index (χ3n) is 1.23. The van der Waals surface area contributed by atoms with E-state index in [9.17, 15) is 4.21 Å². The summed E-state index contributed by atoms with van der Waals surface area (Å²) in [6, 6.07) is 9.36. The summed E-state index contributed by atoms with van der Waals surface area (Å²) in [5.41, 5.74) is 0. The zero-order valence-corrected chi connectivity index (χ0v) is 9.23. The van der Waals surface area contributed by atoms with Gasteiger partial charge in [0.1, 0.15) is 11.0 Å². The molecule has 0 aliphatic carbocycles. The molecule has 1 N–H and O–H groups in total. The molecule has 1 aromatic carbocycles. The van der Waals surface area contributed by atoms with E-state index in [1.807, 2.05) is 51.1 Å². The summed E-state index contributed by atoms with van der Waals surface area (Å²) in [7, 11) is -1.03.